The number of nitrogens with one attached hydrogen (secondary N) is 1. The zero-order valence-electron chi connectivity index (χ0n) is 11.0. The Morgan fingerprint density at radius 1 is 1.32 bits per heavy atom. The highest BCUT2D eigenvalue weighted by Gasteiger charge is 2.50. The van der Waals surface area contributed by atoms with Crippen molar-refractivity contribution in [1.29, 1.82) is 0 Å². The summed E-state index contributed by atoms with van der Waals surface area (Å²) in [6, 6.07) is -0.469. The van der Waals surface area contributed by atoms with Crippen LogP contribution in [0, 0.1) is 11.8 Å². The molecule has 0 aromatic rings. The van der Waals surface area contributed by atoms with E-state index in [2.05, 4.69) is 5.32 Å². The molecule has 4 atom stereocenters. The van der Waals surface area contributed by atoms with Crippen molar-refractivity contribution in [3.05, 3.63) is 0 Å². The maximum Gasteiger partial charge on any atom is 0.327 e. The van der Waals surface area contributed by atoms with Gasteiger partial charge in [0.2, 0.25) is 5.91 Å². The first-order chi connectivity index (χ1) is 9.09. The van der Waals surface area contributed by atoms with E-state index in [0.29, 0.717) is 11.7 Å². The lowest BCUT2D eigenvalue weighted by Gasteiger charge is -2.31. The number of rotatable bonds is 3. The van der Waals surface area contributed by atoms with Crippen molar-refractivity contribution in [2.75, 3.05) is 12.3 Å². The number of carboxylic acids is 1. The van der Waals surface area contributed by atoms with Crippen molar-refractivity contribution in [2.24, 2.45) is 11.8 Å². The van der Waals surface area contributed by atoms with Crippen molar-refractivity contribution >= 4 is 23.6 Å². The van der Waals surface area contributed by atoms with Crippen LogP contribution in [0.2, 0.25) is 0 Å². The predicted molar refractivity (Wildman–Crippen MR) is 72.8 cm³/mol. The summed E-state index contributed by atoms with van der Waals surface area (Å²) in [4.78, 5) is 25.8. The zero-order valence-corrected chi connectivity index (χ0v) is 11.9. The zero-order chi connectivity index (χ0) is 13.6. The molecule has 1 amide bonds. The minimum Gasteiger partial charge on any atom is -0.480 e. The number of carbonyl (C=O) groups is 2. The molecule has 5 nitrogen and oxygen atoms in total. The van der Waals surface area contributed by atoms with E-state index in [1.807, 2.05) is 6.92 Å². The van der Waals surface area contributed by atoms with Gasteiger partial charge in [0.25, 0.3) is 0 Å². The number of hydrogen-bond donors (Lipinski definition) is 2. The van der Waals surface area contributed by atoms with Gasteiger partial charge in [-0.3, -0.25) is 4.79 Å². The van der Waals surface area contributed by atoms with Crippen molar-refractivity contribution in [3.63, 3.8) is 0 Å². The second-order valence-electron chi connectivity index (χ2n) is 5.80. The summed E-state index contributed by atoms with van der Waals surface area (Å²) in [6.45, 7) is 2.87. The first kappa shape index (κ1) is 13.2. The molecule has 2 N–H and O–H groups in total. The molecule has 2 saturated heterocycles. The molecule has 6 heteroatoms. The molecule has 2 heterocycles. The number of carbonyl (C=O) groups excluding carboxylic acids is 1. The molecule has 0 aromatic carbocycles. The molecule has 0 bridgehead atoms. The van der Waals surface area contributed by atoms with Crippen molar-refractivity contribution < 1.29 is 14.7 Å². The van der Waals surface area contributed by atoms with E-state index in [4.69, 9.17) is 0 Å². The smallest absolute Gasteiger partial charge is 0.327 e. The number of carboxylic acid groups (broad SMARTS) is 1. The van der Waals surface area contributed by atoms with Crippen LogP contribution >= 0.6 is 11.8 Å². The van der Waals surface area contributed by atoms with Crippen molar-refractivity contribution in [2.45, 2.75) is 43.6 Å². The van der Waals surface area contributed by atoms with Crippen LogP contribution in [0.3, 0.4) is 0 Å². The average Bonchev–Trinajstić information content (AvgIpc) is 2.97. The molecule has 3 rings (SSSR count). The van der Waals surface area contributed by atoms with Gasteiger partial charge in [-0.1, -0.05) is 0 Å². The number of amides is 1. The fourth-order valence-corrected chi connectivity index (χ4v) is 4.77. The molecule has 3 fully saturated rings. The summed E-state index contributed by atoms with van der Waals surface area (Å²) in [6.07, 6.45) is 3.09. The lowest BCUT2D eigenvalue weighted by Crippen LogP contribution is -2.50. The standard InChI is InChI=1S/C13H20N2O3S/c1-7-9(4-5-14-7)11(16)15-10(13(17)18)6-19-12(15)8-2-3-8/h7-10,12,14H,2-6H2,1H3,(H,17,18). The molecule has 1 aliphatic carbocycles. The Kier molecular flexibility index (Phi) is 3.47. The molecular formula is C13H20N2O3S. The Hall–Kier alpha value is -0.750. The van der Waals surface area contributed by atoms with Crippen LogP contribution in [0.4, 0.5) is 0 Å². The van der Waals surface area contributed by atoms with E-state index in [9.17, 15) is 14.7 Å². The molecule has 0 aromatic heterocycles. The Balaban J connectivity index is 1.80. The van der Waals surface area contributed by atoms with Crippen LogP contribution in [-0.2, 0) is 9.59 Å². The normalized spacial score (nSPS) is 38.7. The molecular weight excluding hydrogens is 264 g/mol. The van der Waals surface area contributed by atoms with Gasteiger partial charge in [0.1, 0.15) is 6.04 Å². The number of hydrogen-bond acceptors (Lipinski definition) is 4. The topological polar surface area (TPSA) is 69.6 Å². The summed E-state index contributed by atoms with van der Waals surface area (Å²) in [5.41, 5.74) is 0. The maximum atomic E-state index is 12.7. The van der Waals surface area contributed by atoms with Gasteiger partial charge in [0.05, 0.1) is 11.3 Å². The summed E-state index contributed by atoms with van der Waals surface area (Å²) < 4.78 is 0. The Labute approximate surface area is 117 Å². The Morgan fingerprint density at radius 3 is 2.58 bits per heavy atom. The first-order valence-corrected chi connectivity index (χ1v) is 8.04. The molecule has 106 valence electrons. The van der Waals surface area contributed by atoms with E-state index >= 15 is 0 Å². The van der Waals surface area contributed by atoms with Gasteiger partial charge in [-0.05, 0) is 38.6 Å². The minimum atomic E-state index is -0.859. The first-order valence-electron chi connectivity index (χ1n) is 6.99. The molecule has 3 aliphatic rings. The van der Waals surface area contributed by atoms with Crippen LogP contribution in [-0.4, -0.2) is 51.6 Å². The van der Waals surface area contributed by atoms with Crippen LogP contribution in [0.1, 0.15) is 26.2 Å². The highest BCUT2D eigenvalue weighted by atomic mass is 32.2. The third-order valence-corrected chi connectivity index (χ3v) is 5.90. The van der Waals surface area contributed by atoms with Crippen molar-refractivity contribution in [1.82, 2.24) is 10.2 Å². The summed E-state index contributed by atoms with van der Waals surface area (Å²) in [5.74, 6) is 0.190. The van der Waals surface area contributed by atoms with Gasteiger partial charge in [-0.25, -0.2) is 4.79 Å². The Bertz CT molecular complexity index is 399. The van der Waals surface area contributed by atoms with Gasteiger partial charge < -0.3 is 15.3 Å². The lowest BCUT2D eigenvalue weighted by molar-refractivity contribution is -0.151. The van der Waals surface area contributed by atoms with E-state index in [0.717, 1.165) is 25.8 Å². The third-order valence-electron chi connectivity index (χ3n) is 4.44. The van der Waals surface area contributed by atoms with E-state index < -0.39 is 12.0 Å². The predicted octanol–water partition coefficient (Wildman–Crippen LogP) is 0.749. The van der Waals surface area contributed by atoms with Gasteiger partial charge in [0.15, 0.2) is 0 Å². The Morgan fingerprint density at radius 2 is 2.05 bits per heavy atom. The van der Waals surface area contributed by atoms with Gasteiger partial charge in [-0.15, -0.1) is 11.8 Å². The number of nitrogens with zero attached hydrogens (tertiary/aromatic N) is 1. The molecule has 4 unspecified atom stereocenters. The highest BCUT2D eigenvalue weighted by molar-refractivity contribution is 8.00. The van der Waals surface area contributed by atoms with Gasteiger partial charge in [-0.2, -0.15) is 0 Å². The van der Waals surface area contributed by atoms with E-state index in [-0.39, 0.29) is 23.2 Å². The average molecular weight is 284 g/mol. The third kappa shape index (κ3) is 2.36. The fourth-order valence-electron chi connectivity index (χ4n) is 3.13. The summed E-state index contributed by atoms with van der Waals surface area (Å²) in [5, 5.41) is 12.7. The minimum absolute atomic E-state index is 0.0480. The SMILES string of the molecule is CC1NCCC1C(=O)N1C(C(=O)O)CSC1C1CC1. The van der Waals surface area contributed by atoms with E-state index in [1.165, 1.54) is 0 Å². The monoisotopic (exact) mass is 284 g/mol. The highest BCUT2D eigenvalue weighted by Crippen LogP contribution is 2.46. The molecule has 19 heavy (non-hydrogen) atoms. The van der Waals surface area contributed by atoms with Crippen LogP contribution in [0.5, 0.6) is 0 Å². The molecule has 2 aliphatic heterocycles. The van der Waals surface area contributed by atoms with Crippen LogP contribution in [0.15, 0.2) is 0 Å². The second kappa shape index (κ2) is 4.98. The van der Waals surface area contributed by atoms with Gasteiger partial charge >= 0.3 is 5.97 Å². The maximum absolute atomic E-state index is 12.7. The summed E-state index contributed by atoms with van der Waals surface area (Å²) >= 11 is 1.65. The van der Waals surface area contributed by atoms with Gasteiger partial charge in [0, 0.05) is 11.8 Å². The van der Waals surface area contributed by atoms with Crippen LogP contribution < -0.4 is 5.32 Å². The molecule has 1 saturated carbocycles. The van der Waals surface area contributed by atoms with E-state index in [1.54, 1.807) is 16.7 Å². The number of thioether (sulfide) groups is 1. The largest absolute Gasteiger partial charge is 0.480 e. The summed E-state index contributed by atoms with van der Waals surface area (Å²) in [7, 11) is 0. The second-order valence-corrected chi connectivity index (χ2v) is 6.95. The molecule has 0 spiro atoms. The van der Waals surface area contributed by atoms with Crippen molar-refractivity contribution in [3.8, 4) is 0 Å². The molecule has 0 radical (unpaired) electrons. The fraction of sp³-hybridized carbons (Fsp3) is 0.846. The lowest BCUT2D eigenvalue weighted by atomic mass is 9.99. The van der Waals surface area contributed by atoms with Crippen LogP contribution in [0.25, 0.3) is 0 Å². The quantitative estimate of drug-likeness (QED) is 0.800. The number of aliphatic carboxylic acids is 1.